The van der Waals surface area contributed by atoms with E-state index in [0.29, 0.717) is 16.3 Å². The maximum Gasteiger partial charge on any atom is 0.245 e. The van der Waals surface area contributed by atoms with E-state index in [-0.39, 0.29) is 6.54 Å². The zero-order chi connectivity index (χ0) is 20.2. The average Bonchev–Trinajstić information content (AvgIpc) is 2.61. The van der Waals surface area contributed by atoms with Crippen molar-refractivity contribution < 1.29 is 13.2 Å². The van der Waals surface area contributed by atoms with E-state index in [2.05, 4.69) is 5.32 Å². The number of para-hydroxylation sites is 1. The molecule has 0 aromatic heterocycles. The van der Waals surface area contributed by atoms with Crippen LogP contribution < -0.4 is 9.62 Å². The Kier molecular flexibility index (Phi) is 6.89. The van der Waals surface area contributed by atoms with Crippen LogP contribution in [0, 0.1) is 6.92 Å². The standard InChI is InChI=1S/C20H25ClN2O3S/c1-5-15-9-7-10-16(6-2)20(15)22-19(24)13-23(27(4,25)26)18-12-8-11-17(21)14(18)3/h7-12H,5-6,13H2,1-4H3,(H,22,24). The first-order valence-corrected chi connectivity index (χ1v) is 11.0. The topological polar surface area (TPSA) is 66.5 Å². The van der Waals surface area contributed by atoms with Gasteiger partial charge in [-0.15, -0.1) is 0 Å². The van der Waals surface area contributed by atoms with E-state index in [1.807, 2.05) is 32.0 Å². The number of rotatable bonds is 7. The maximum atomic E-state index is 12.7. The summed E-state index contributed by atoms with van der Waals surface area (Å²) in [6, 6.07) is 10.9. The van der Waals surface area contributed by atoms with Crippen molar-refractivity contribution in [1.29, 1.82) is 0 Å². The number of sulfonamides is 1. The molecule has 0 saturated carbocycles. The number of carbonyl (C=O) groups excluding carboxylic acids is 1. The average molecular weight is 409 g/mol. The van der Waals surface area contributed by atoms with Crippen LogP contribution in [-0.4, -0.2) is 27.1 Å². The highest BCUT2D eigenvalue weighted by Gasteiger charge is 2.23. The van der Waals surface area contributed by atoms with Crippen LogP contribution >= 0.6 is 11.6 Å². The van der Waals surface area contributed by atoms with Gasteiger partial charge < -0.3 is 5.32 Å². The number of anilines is 2. The van der Waals surface area contributed by atoms with Gasteiger partial charge in [0.25, 0.3) is 0 Å². The minimum Gasteiger partial charge on any atom is -0.324 e. The van der Waals surface area contributed by atoms with Gasteiger partial charge in [0.1, 0.15) is 6.54 Å². The molecular formula is C20H25ClN2O3S. The van der Waals surface area contributed by atoms with E-state index >= 15 is 0 Å². The van der Waals surface area contributed by atoms with Gasteiger partial charge in [-0.1, -0.05) is 49.7 Å². The van der Waals surface area contributed by atoms with Gasteiger partial charge in [-0.2, -0.15) is 0 Å². The van der Waals surface area contributed by atoms with Crippen molar-refractivity contribution in [1.82, 2.24) is 0 Å². The highest BCUT2D eigenvalue weighted by Crippen LogP contribution is 2.28. The summed E-state index contributed by atoms with van der Waals surface area (Å²) in [6.07, 6.45) is 2.62. The number of nitrogens with one attached hydrogen (secondary N) is 1. The van der Waals surface area contributed by atoms with Gasteiger partial charge in [-0.3, -0.25) is 9.10 Å². The Balaban J connectivity index is 2.35. The second-order valence-electron chi connectivity index (χ2n) is 6.36. The third kappa shape index (κ3) is 5.02. The normalized spacial score (nSPS) is 11.3. The Labute approximate surface area is 166 Å². The molecule has 27 heavy (non-hydrogen) atoms. The van der Waals surface area contributed by atoms with Crippen LogP contribution in [0.5, 0.6) is 0 Å². The monoisotopic (exact) mass is 408 g/mol. The number of benzene rings is 2. The lowest BCUT2D eigenvalue weighted by atomic mass is 10.0. The van der Waals surface area contributed by atoms with Crippen molar-refractivity contribution in [2.45, 2.75) is 33.6 Å². The molecule has 0 heterocycles. The molecule has 5 nitrogen and oxygen atoms in total. The predicted molar refractivity (Wildman–Crippen MR) is 112 cm³/mol. The first kappa shape index (κ1) is 21.3. The molecule has 1 N–H and O–H groups in total. The molecule has 2 aromatic rings. The molecule has 0 aliphatic heterocycles. The number of aryl methyl sites for hydroxylation is 2. The lowest BCUT2D eigenvalue weighted by molar-refractivity contribution is -0.114. The minimum absolute atomic E-state index is 0.318. The molecule has 0 unspecified atom stereocenters. The van der Waals surface area contributed by atoms with E-state index in [1.54, 1.807) is 25.1 Å². The zero-order valence-corrected chi connectivity index (χ0v) is 17.6. The number of carbonyl (C=O) groups is 1. The Morgan fingerprint density at radius 2 is 1.63 bits per heavy atom. The van der Waals surface area contributed by atoms with Crippen LogP contribution in [0.25, 0.3) is 0 Å². The van der Waals surface area contributed by atoms with Crippen molar-refractivity contribution >= 4 is 38.9 Å². The first-order chi connectivity index (χ1) is 12.7. The van der Waals surface area contributed by atoms with Gasteiger partial charge in [0.15, 0.2) is 0 Å². The van der Waals surface area contributed by atoms with Gasteiger partial charge >= 0.3 is 0 Å². The molecule has 0 spiro atoms. The summed E-state index contributed by atoms with van der Waals surface area (Å²) in [5, 5.41) is 3.36. The van der Waals surface area contributed by atoms with E-state index in [1.165, 1.54) is 0 Å². The lowest BCUT2D eigenvalue weighted by Gasteiger charge is -2.24. The molecule has 2 aromatic carbocycles. The Bertz CT molecular complexity index is 920. The molecule has 0 bridgehead atoms. The Hall–Kier alpha value is -2.05. The molecular weight excluding hydrogens is 384 g/mol. The molecule has 7 heteroatoms. The predicted octanol–water partition coefficient (Wildman–Crippen LogP) is 4.18. The number of hydrogen-bond acceptors (Lipinski definition) is 3. The fourth-order valence-corrected chi connectivity index (χ4v) is 4.04. The molecule has 0 radical (unpaired) electrons. The summed E-state index contributed by atoms with van der Waals surface area (Å²) in [4.78, 5) is 12.7. The summed E-state index contributed by atoms with van der Waals surface area (Å²) in [5.74, 6) is -0.393. The molecule has 1 amide bonds. The molecule has 0 atom stereocenters. The van der Waals surface area contributed by atoms with Crippen molar-refractivity contribution in [2.75, 3.05) is 22.4 Å². The Morgan fingerprint density at radius 3 is 2.15 bits per heavy atom. The smallest absolute Gasteiger partial charge is 0.245 e. The highest BCUT2D eigenvalue weighted by atomic mass is 35.5. The van der Waals surface area contributed by atoms with Gasteiger partial charge in [0.05, 0.1) is 11.9 Å². The van der Waals surface area contributed by atoms with Crippen LogP contribution in [0.1, 0.15) is 30.5 Å². The quantitative estimate of drug-likeness (QED) is 0.747. The van der Waals surface area contributed by atoms with E-state index in [4.69, 9.17) is 11.6 Å². The number of nitrogens with zero attached hydrogens (tertiary/aromatic N) is 1. The summed E-state index contributed by atoms with van der Waals surface area (Å²) < 4.78 is 25.8. The second kappa shape index (κ2) is 8.76. The van der Waals surface area contributed by atoms with Gasteiger partial charge in [-0.25, -0.2) is 8.42 Å². The van der Waals surface area contributed by atoms with E-state index in [9.17, 15) is 13.2 Å². The van der Waals surface area contributed by atoms with Crippen molar-refractivity contribution in [2.24, 2.45) is 0 Å². The Morgan fingerprint density at radius 1 is 1.07 bits per heavy atom. The zero-order valence-electron chi connectivity index (χ0n) is 16.0. The highest BCUT2D eigenvalue weighted by molar-refractivity contribution is 7.92. The van der Waals surface area contributed by atoms with Gasteiger partial charge in [0.2, 0.25) is 15.9 Å². The van der Waals surface area contributed by atoms with Gasteiger partial charge in [-0.05, 0) is 48.6 Å². The van der Waals surface area contributed by atoms with Gasteiger partial charge in [0, 0.05) is 10.7 Å². The minimum atomic E-state index is -3.66. The molecule has 0 aliphatic rings. The van der Waals surface area contributed by atoms with Crippen LogP contribution in [0.4, 0.5) is 11.4 Å². The van der Waals surface area contributed by atoms with Crippen LogP contribution in [0.3, 0.4) is 0 Å². The van der Waals surface area contributed by atoms with Crippen molar-refractivity contribution in [3.05, 3.63) is 58.1 Å². The van der Waals surface area contributed by atoms with Crippen molar-refractivity contribution in [3.63, 3.8) is 0 Å². The first-order valence-electron chi connectivity index (χ1n) is 8.82. The van der Waals surface area contributed by atoms with Crippen molar-refractivity contribution in [3.8, 4) is 0 Å². The number of halogens is 1. The third-order valence-electron chi connectivity index (χ3n) is 4.46. The SMILES string of the molecule is CCc1cccc(CC)c1NC(=O)CN(c1cccc(Cl)c1C)S(C)(=O)=O. The van der Waals surface area contributed by atoms with E-state index < -0.39 is 15.9 Å². The number of hydrogen-bond donors (Lipinski definition) is 1. The van der Waals surface area contributed by atoms with Crippen LogP contribution in [0.2, 0.25) is 5.02 Å². The van der Waals surface area contributed by atoms with E-state index in [0.717, 1.165) is 40.2 Å². The maximum absolute atomic E-state index is 12.7. The number of amides is 1. The molecule has 0 aliphatic carbocycles. The third-order valence-corrected chi connectivity index (χ3v) is 5.99. The summed E-state index contributed by atoms with van der Waals surface area (Å²) in [6.45, 7) is 5.45. The second-order valence-corrected chi connectivity index (χ2v) is 8.67. The molecule has 0 fully saturated rings. The molecule has 0 saturated heterocycles. The summed E-state index contributed by atoms with van der Waals surface area (Å²) >= 11 is 6.13. The van der Waals surface area contributed by atoms with Crippen LogP contribution in [-0.2, 0) is 27.7 Å². The fraction of sp³-hybridized carbons (Fsp3) is 0.350. The van der Waals surface area contributed by atoms with Crippen LogP contribution in [0.15, 0.2) is 36.4 Å². The summed E-state index contributed by atoms with van der Waals surface area (Å²) in [5.41, 5.74) is 3.82. The largest absolute Gasteiger partial charge is 0.324 e. The fourth-order valence-electron chi connectivity index (χ4n) is 2.96. The lowest BCUT2D eigenvalue weighted by Crippen LogP contribution is -2.38. The molecule has 2 rings (SSSR count). The molecule has 146 valence electrons. The summed E-state index contributed by atoms with van der Waals surface area (Å²) in [7, 11) is -3.66.